The number of esters is 1. The minimum atomic E-state index is -4.42. The van der Waals surface area contributed by atoms with Gasteiger partial charge in [-0.15, -0.1) is 5.10 Å². The molecule has 3 aromatic rings. The summed E-state index contributed by atoms with van der Waals surface area (Å²) >= 11 is 0. The van der Waals surface area contributed by atoms with E-state index in [-0.39, 0.29) is 12.3 Å². The zero-order valence-electron chi connectivity index (χ0n) is 13.5. The average molecular weight is 362 g/mol. The number of aromatic amines is 1. The Labute approximate surface area is 146 Å². The molecule has 0 unspecified atom stereocenters. The maximum atomic E-state index is 12.6. The van der Waals surface area contributed by atoms with Crippen LogP contribution in [0, 0.1) is 0 Å². The van der Waals surface area contributed by atoms with Crippen LogP contribution >= 0.6 is 0 Å². The summed E-state index contributed by atoms with van der Waals surface area (Å²) < 4.78 is 42.7. The fourth-order valence-corrected chi connectivity index (χ4v) is 2.31. The van der Waals surface area contributed by atoms with E-state index in [0.29, 0.717) is 22.5 Å². The monoisotopic (exact) mass is 362 g/mol. The van der Waals surface area contributed by atoms with Gasteiger partial charge in [0, 0.05) is 17.3 Å². The van der Waals surface area contributed by atoms with Crippen molar-refractivity contribution in [2.24, 2.45) is 0 Å². The molecule has 1 aromatic carbocycles. The fourth-order valence-electron chi connectivity index (χ4n) is 2.31. The van der Waals surface area contributed by atoms with Crippen LogP contribution in [0.15, 0.2) is 42.6 Å². The molecule has 3 rings (SSSR count). The molecule has 134 valence electrons. The number of aromatic nitrogens is 4. The number of nitrogens with one attached hydrogen (secondary N) is 1. The van der Waals surface area contributed by atoms with Gasteiger partial charge in [-0.05, 0) is 19.1 Å². The van der Waals surface area contributed by atoms with Gasteiger partial charge in [-0.2, -0.15) is 23.5 Å². The first kappa shape index (κ1) is 17.6. The van der Waals surface area contributed by atoms with E-state index < -0.39 is 17.7 Å². The van der Waals surface area contributed by atoms with E-state index >= 15 is 0 Å². The lowest BCUT2D eigenvalue weighted by molar-refractivity contribution is -0.137. The minimum absolute atomic E-state index is 0.0623. The first-order valence-corrected chi connectivity index (χ1v) is 7.62. The number of hydrogen-bond donors (Lipinski definition) is 1. The zero-order chi connectivity index (χ0) is 18.7. The SMILES string of the molecule is CCOC(=O)c1n[nH]nc1-c1ccc(-c2ccc(C(F)(F)F)cn2)cc1. The van der Waals surface area contributed by atoms with Crippen molar-refractivity contribution in [1.82, 2.24) is 20.4 Å². The normalized spacial score (nSPS) is 11.4. The number of H-pyrrole nitrogens is 1. The van der Waals surface area contributed by atoms with Crippen molar-refractivity contribution in [2.45, 2.75) is 13.1 Å². The highest BCUT2D eigenvalue weighted by Gasteiger charge is 2.30. The number of benzene rings is 1. The van der Waals surface area contributed by atoms with Gasteiger partial charge in [-0.1, -0.05) is 24.3 Å². The van der Waals surface area contributed by atoms with E-state index in [1.54, 1.807) is 31.2 Å². The number of hydrogen-bond acceptors (Lipinski definition) is 5. The smallest absolute Gasteiger partial charge is 0.417 e. The topological polar surface area (TPSA) is 80.8 Å². The van der Waals surface area contributed by atoms with Gasteiger partial charge in [0.25, 0.3) is 0 Å². The van der Waals surface area contributed by atoms with Crippen LogP contribution in [-0.4, -0.2) is 33.0 Å². The first-order chi connectivity index (χ1) is 12.4. The summed E-state index contributed by atoms with van der Waals surface area (Å²) in [6.07, 6.45) is -3.63. The molecule has 2 aromatic heterocycles. The van der Waals surface area contributed by atoms with Crippen molar-refractivity contribution >= 4 is 5.97 Å². The van der Waals surface area contributed by atoms with Crippen LogP contribution in [0.1, 0.15) is 23.0 Å². The highest BCUT2D eigenvalue weighted by Crippen LogP contribution is 2.30. The summed E-state index contributed by atoms with van der Waals surface area (Å²) in [5, 5.41) is 10.1. The van der Waals surface area contributed by atoms with Crippen LogP contribution in [0.25, 0.3) is 22.5 Å². The minimum Gasteiger partial charge on any atom is -0.461 e. The largest absolute Gasteiger partial charge is 0.461 e. The van der Waals surface area contributed by atoms with Gasteiger partial charge >= 0.3 is 12.1 Å². The van der Waals surface area contributed by atoms with E-state index in [1.807, 2.05) is 0 Å². The number of nitrogens with zero attached hydrogens (tertiary/aromatic N) is 3. The number of rotatable bonds is 4. The zero-order valence-corrected chi connectivity index (χ0v) is 13.5. The Kier molecular flexibility index (Phi) is 4.70. The highest BCUT2D eigenvalue weighted by atomic mass is 19.4. The van der Waals surface area contributed by atoms with E-state index in [4.69, 9.17) is 4.74 Å². The molecule has 0 spiro atoms. The van der Waals surface area contributed by atoms with Crippen LogP contribution in [0.3, 0.4) is 0 Å². The lowest BCUT2D eigenvalue weighted by Gasteiger charge is -2.07. The Balaban J connectivity index is 1.86. The van der Waals surface area contributed by atoms with Crippen molar-refractivity contribution in [3.63, 3.8) is 0 Å². The summed E-state index contributed by atoms with van der Waals surface area (Å²) in [4.78, 5) is 15.7. The number of pyridine rings is 1. The van der Waals surface area contributed by atoms with E-state index in [9.17, 15) is 18.0 Å². The molecule has 0 saturated carbocycles. The van der Waals surface area contributed by atoms with Crippen LogP contribution in [0.4, 0.5) is 13.2 Å². The highest BCUT2D eigenvalue weighted by molar-refractivity contribution is 5.94. The summed E-state index contributed by atoms with van der Waals surface area (Å²) in [6, 6.07) is 8.98. The molecule has 0 bridgehead atoms. The predicted molar refractivity (Wildman–Crippen MR) is 86.0 cm³/mol. The molecule has 0 fully saturated rings. The van der Waals surface area contributed by atoms with E-state index in [0.717, 1.165) is 12.3 Å². The second kappa shape index (κ2) is 6.95. The maximum Gasteiger partial charge on any atom is 0.417 e. The third kappa shape index (κ3) is 3.56. The Morgan fingerprint density at radius 1 is 1.08 bits per heavy atom. The maximum absolute atomic E-state index is 12.6. The van der Waals surface area contributed by atoms with Crippen molar-refractivity contribution in [1.29, 1.82) is 0 Å². The van der Waals surface area contributed by atoms with Crippen LogP contribution in [-0.2, 0) is 10.9 Å². The summed E-state index contributed by atoms with van der Waals surface area (Å²) in [5.74, 6) is -0.593. The molecule has 0 amide bonds. The molecule has 0 saturated heterocycles. The molecule has 2 heterocycles. The molecule has 0 aliphatic rings. The van der Waals surface area contributed by atoms with Crippen LogP contribution in [0.5, 0.6) is 0 Å². The van der Waals surface area contributed by atoms with E-state index in [2.05, 4.69) is 20.4 Å². The second-order valence-corrected chi connectivity index (χ2v) is 5.25. The van der Waals surface area contributed by atoms with Crippen molar-refractivity contribution in [2.75, 3.05) is 6.61 Å². The molecule has 9 heteroatoms. The fraction of sp³-hybridized carbons (Fsp3) is 0.176. The molecular formula is C17H13F3N4O2. The summed E-state index contributed by atoms with van der Waals surface area (Å²) in [7, 11) is 0. The molecule has 0 radical (unpaired) electrons. The number of carbonyl (C=O) groups is 1. The molecule has 0 aliphatic heterocycles. The van der Waals surface area contributed by atoms with Crippen LogP contribution < -0.4 is 0 Å². The second-order valence-electron chi connectivity index (χ2n) is 5.25. The summed E-state index contributed by atoms with van der Waals surface area (Å²) in [5.41, 5.74) is 1.22. The molecular weight excluding hydrogens is 349 g/mol. The van der Waals surface area contributed by atoms with Gasteiger partial charge in [-0.25, -0.2) is 4.79 Å². The third-order valence-electron chi connectivity index (χ3n) is 3.56. The van der Waals surface area contributed by atoms with Crippen molar-refractivity contribution in [3.05, 3.63) is 53.9 Å². The van der Waals surface area contributed by atoms with Gasteiger partial charge in [0.1, 0.15) is 5.69 Å². The number of ether oxygens (including phenoxy) is 1. The quantitative estimate of drug-likeness (QED) is 0.716. The molecule has 26 heavy (non-hydrogen) atoms. The average Bonchev–Trinajstić information content (AvgIpc) is 3.11. The Bertz CT molecular complexity index is 903. The van der Waals surface area contributed by atoms with Crippen LogP contribution in [0.2, 0.25) is 0 Å². The van der Waals surface area contributed by atoms with Crippen molar-refractivity contribution < 1.29 is 22.7 Å². The molecule has 6 nitrogen and oxygen atoms in total. The molecule has 1 N–H and O–H groups in total. The number of halogens is 3. The van der Waals surface area contributed by atoms with Gasteiger partial charge in [-0.3, -0.25) is 4.98 Å². The van der Waals surface area contributed by atoms with Gasteiger partial charge in [0.05, 0.1) is 17.9 Å². The predicted octanol–water partition coefficient (Wildman–Crippen LogP) is 3.73. The number of carbonyl (C=O) groups excluding carboxylic acids is 1. The van der Waals surface area contributed by atoms with Crippen molar-refractivity contribution in [3.8, 4) is 22.5 Å². The molecule has 0 aliphatic carbocycles. The molecule has 0 atom stereocenters. The van der Waals surface area contributed by atoms with Gasteiger partial charge in [0.2, 0.25) is 0 Å². The van der Waals surface area contributed by atoms with E-state index in [1.165, 1.54) is 6.07 Å². The lowest BCUT2D eigenvalue weighted by atomic mass is 10.0. The Morgan fingerprint density at radius 3 is 2.35 bits per heavy atom. The number of alkyl halides is 3. The standard InChI is InChI=1S/C17H13F3N4O2/c1-2-26-16(25)15-14(22-24-23-15)11-5-3-10(4-6-11)13-8-7-12(9-21-13)17(18,19)20/h3-9H,2H2,1H3,(H,22,23,24). The summed E-state index contributed by atoms with van der Waals surface area (Å²) in [6.45, 7) is 1.90. The van der Waals surface area contributed by atoms with Gasteiger partial charge in [0.15, 0.2) is 5.69 Å². The van der Waals surface area contributed by atoms with Gasteiger partial charge < -0.3 is 4.74 Å². The third-order valence-corrected chi connectivity index (χ3v) is 3.56. The first-order valence-electron chi connectivity index (χ1n) is 7.62. The lowest BCUT2D eigenvalue weighted by Crippen LogP contribution is -2.06. The Morgan fingerprint density at radius 2 is 1.77 bits per heavy atom. The Hall–Kier alpha value is -3.23.